The molecule has 0 aliphatic rings. The highest BCUT2D eigenvalue weighted by Crippen LogP contribution is 2.48. The van der Waals surface area contributed by atoms with E-state index in [1.807, 2.05) is 0 Å². The number of rotatable bonds is 7. The Hall–Kier alpha value is -0.810. The van der Waals surface area contributed by atoms with Crippen molar-refractivity contribution in [3.63, 3.8) is 0 Å². The summed E-state index contributed by atoms with van der Waals surface area (Å²) in [5.41, 5.74) is 0. The summed E-state index contributed by atoms with van der Waals surface area (Å²) < 4.78 is 30.1. The van der Waals surface area contributed by atoms with Crippen molar-refractivity contribution in [3.8, 4) is 24.7 Å². The second-order valence-corrected chi connectivity index (χ2v) is 3.61. The Labute approximate surface area is 83.3 Å². The van der Waals surface area contributed by atoms with Gasteiger partial charge in [-0.1, -0.05) is 11.8 Å². The Morgan fingerprint density at radius 2 is 1.64 bits per heavy atom. The summed E-state index contributed by atoms with van der Waals surface area (Å²) in [7, 11) is -2.31. The molecular weight excluding hydrogens is 207 g/mol. The summed E-state index contributed by atoms with van der Waals surface area (Å²) in [6.45, 7) is -0.608. The molecule has 0 bridgehead atoms. The quantitative estimate of drug-likeness (QED) is 0.362. The second-order valence-electron chi connectivity index (χ2n) is 1.94. The largest absolute Gasteiger partial charge is 0.478 e. The van der Waals surface area contributed by atoms with E-state index in [-0.39, 0.29) is 20.0 Å². The molecule has 0 aliphatic heterocycles. The van der Waals surface area contributed by atoms with Crippen LogP contribution in [0.2, 0.25) is 0 Å². The van der Waals surface area contributed by atoms with Gasteiger partial charge in [0, 0.05) is 7.11 Å². The van der Waals surface area contributed by atoms with Gasteiger partial charge in [0.2, 0.25) is 0 Å². The van der Waals surface area contributed by atoms with Gasteiger partial charge in [-0.2, -0.15) is 0 Å². The molecule has 0 rings (SSSR count). The van der Waals surface area contributed by atoms with Gasteiger partial charge < -0.3 is 4.74 Å². The van der Waals surface area contributed by atoms with E-state index >= 15 is 0 Å². The van der Waals surface area contributed by atoms with Crippen LogP contribution in [0.15, 0.2) is 0 Å². The number of phosphoric acid groups is 1. The highest BCUT2D eigenvalue weighted by molar-refractivity contribution is 7.48. The van der Waals surface area contributed by atoms with Crippen molar-refractivity contribution >= 4 is 7.82 Å². The van der Waals surface area contributed by atoms with Crippen LogP contribution in [0.5, 0.6) is 0 Å². The van der Waals surface area contributed by atoms with E-state index in [0.717, 1.165) is 0 Å². The standard InChI is InChI=1S/C8H11O5P/c1-4-6-11-14(9,12-7-5-2)13-8-10-3/h1-2H,6-8H2,3H3. The van der Waals surface area contributed by atoms with Crippen molar-refractivity contribution in [3.05, 3.63) is 0 Å². The fourth-order valence-electron chi connectivity index (χ4n) is 0.462. The highest BCUT2D eigenvalue weighted by Gasteiger charge is 2.25. The molecule has 0 radical (unpaired) electrons. The topological polar surface area (TPSA) is 54.0 Å². The molecule has 0 saturated carbocycles. The van der Waals surface area contributed by atoms with Crippen LogP contribution in [0.1, 0.15) is 0 Å². The van der Waals surface area contributed by atoms with Gasteiger partial charge in [0.05, 0.1) is 0 Å². The van der Waals surface area contributed by atoms with Crippen molar-refractivity contribution in [1.29, 1.82) is 0 Å². The Morgan fingerprint density at radius 1 is 1.14 bits per heavy atom. The zero-order valence-corrected chi connectivity index (χ0v) is 8.66. The molecule has 0 amide bonds. The first-order valence-electron chi connectivity index (χ1n) is 3.58. The van der Waals surface area contributed by atoms with Crippen molar-refractivity contribution in [2.75, 3.05) is 27.1 Å². The molecule has 0 N–H and O–H groups in total. The summed E-state index contributed by atoms with van der Waals surface area (Å²) in [6.07, 6.45) is 9.83. The molecule has 0 unspecified atom stereocenters. The SMILES string of the molecule is C#CCOP(=O)(OCC#C)OCOC. The number of hydrogen-bond donors (Lipinski definition) is 0. The lowest BCUT2D eigenvalue weighted by molar-refractivity contribution is 0.0150. The molecule has 5 nitrogen and oxygen atoms in total. The van der Waals surface area contributed by atoms with Crippen LogP contribution in [-0.4, -0.2) is 27.1 Å². The van der Waals surface area contributed by atoms with E-state index in [4.69, 9.17) is 12.8 Å². The number of phosphoric ester groups is 1. The molecule has 0 spiro atoms. The van der Waals surface area contributed by atoms with Crippen LogP contribution in [-0.2, 0) is 22.9 Å². The van der Waals surface area contributed by atoms with Gasteiger partial charge in [-0.3, -0.25) is 13.6 Å². The minimum Gasteiger partial charge on any atom is -0.358 e. The minimum absolute atomic E-state index is 0.189. The zero-order valence-electron chi connectivity index (χ0n) is 7.76. The summed E-state index contributed by atoms with van der Waals surface area (Å²) in [4.78, 5) is 0. The van der Waals surface area contributed by atoms with Crippen molar-refractivity contribution in [2.45, 2.75) is 0 Å². The van der Waals surface area contributed by atoms with Gasteiger partial charge in [-0.25, -0.2) is 4.57 Å². The normalized spacial score (nSPS) is 10.5. The zero-order chi connectivity index (χ0) is 10.9. The summed E-state index contributed by atoms with van der Waals surface area (Å²) in [6, 6.07) is 0. The summed E-state index contributed by atoms with van der Waals surface area (Å²) >= 11 is 0. The molecule has 0 aliphatic carbocycles. The third-order valence-electron chi connectivity index (χ3n) is 0.941. The smallest absolute Gasteiger partial charge is 0.358 e. The van der Waals surface area contributed by atoms with Crippen molar-refractivity contribution < 1.29 is 22.9 Å². The number of terminal acetylenes is 2. The predicted octanol–water partition coefficient (Wildman–Crippen LogP) is 1.01. The predicted molar refractivity (Wildman–Crippen MR) is 50.1 cm³/mol. The molecule has 0 aromatic carbocycles. The molecule has 0 fully saturated rings. The molecule has 0 atom stereocenters. The second kappa shape index (κ2) is 7.58. The highest BCUT2D eigenvalue weighted by atomic mass is 31.2. The van der Waals surface area contributed by atoms with E-state index in [1.54, 1.807) is 0 Å². The molecule has 0 aromatic rings. The lowest BCUT2D eigenvalue weighted by Crippen LogP contribution is -2.03. The molecule has 0 heterocycles. The Morgan fingerprint density at radius 3 is 2.00 bits per heavy atom. The van der Waals surface area contributed by atoms with Crippen LogP contribution in [0.3, 0.4) is 0 Å². The maximum absolute atomic E-state index is 11.6. The fraction of sp³-hybridized carbons (Fsp3) is 0.500. The molecule has 14 heavy (non-hydrogen) atoms. The third-order valence-corrected chi connectivity index (χ3v) is 2.25. The van der Waals surface area contributed by atoms with Crippen molar-refractivity contribution in [2.24, 2.45) is 0 Å². The average molecular weight is 218 g/mol. The Bertz CT molecular complexity index is 252. The maximum Gasteiger partial charge on any atom is 0.478 e. The first-order valence-corrected chi connectivity index (χ1v) is 5.04. The summed E-state index contributed by atoms with van der Waals surface area (Å²) in [5.74, 6) is 4.26. The Kier molecular flexibility index (Phi) is 7.14. The van der Waals surface area contributed by atoms with Crippen LogP contribution in [0.4, 0.5) is 0 Å². The molecule has 78 valence electrons. The van der Waals surface area contributed by atoms with Crippen LogP contribution >= 0.6 is 7.82 Å². The van der Waals surface area contributed by atoms with E-state index in [2.05, 4.69) is 30.1 Å². The molecule has 0 aromatic heterocycles. The lowest BCUT2D eigenvalue weighted by atomic mass is 10.8. The van der Waals surface area contributed by atoms with E-state index < -0.39 is 7.82 Å². The van der Waals surface area contributed by atoms with Gasteiger partial charge in [0.1, 0.15) is 13.2 Å². The number of methoxy groups -OCH3 is 1. The first-order chi connectivity index (χ1) is 6.68. The van der Waals surface area contributed by atoms with Crippen LogP contribution in [0.25, 0.3) is 0 Å². The number of hydrogen-bond acceptors (Lipinski definition) is 5. The number of ether oxygens (including phenoxy) is 1. The maximum atomic E-state index is 11.6. The molecular formula is C8H11O5P. The van der Waals surface area contributed by atoms with E-state index in [1.165, 1.54) is 7.11 Å². The molecule has 0 saturated heterocycles. The van der Waals surface area contributed by atoms with Crippen LogP contribution < -0.4 is 0 Å². The van der Waals surface area contributed by atoms with Gasteiger partial charge >= 0.3 is 7.82 Å². The van der Waals surface area contributed by atoms with Crippen LogP contribution in [0, 0.1) is 24.7 Å². The first kappa shape index (κ1) is 13.2. The van der Waals surface area contributed by atoms with Gasteiger partial charge in [-0.15, -0.1) is 12.8 Å². The fourth-order valence-corrected chi connectivity index (χ4v) is 1.39. The molecule has 6 heteroatoms. The van der Waals surface area contributed by atoms with E-state index in [0.29, 0.717) is 0 Å². The minimum atomic E-state index is -3.68. The average Bonchev–Trinajstić information content (AvgIpc) is 2.21. The third kappa shape index (κ3) is 5.77. The van der Waals surface area contributed by atoms with E-state index in [9.17, 15) is 4.57 Å². The van der Waals surface area contributed by atoms with Crippen molar-refractivity contribution in [1.82, 2.24) is 0 Å². The van der Waals surface area contributed by atoms with Gasteiger partial charge in [0.15, 0.2) is 6.79 Å². The Balaban J connectivity index is 4.13. The lowest BCUT2D eigenvalue weighted by Gasteiger charge is -2.14. The van der Waals surface area contributed by atoms with Gasteiger partial charge in [0.25, 0.3) is 0 Å². The van der Waals surface area contributed by atoms with Gasteiger partial charge in [-0.05, 0) is 0 Å². The monoisotopic (exact) mass is 218 g/mol. The summed E-state index contributed by atoms with van der Waals surface area (Å²) in [5, 5.41) is 0.